The van der Waals surface area contributed by atoms with Crippen LogP contribution in [0.4, 0.5) is 0 Å². The molecule has 0 aliphatic heterocycles. The van der Waals surface area contributed by atoms with E-state index in [2.05, 4.69) is 0 Å². The van der Waals surface area contributed by atoms with Crippen LogP contribution in [-0.2, 0) is 9.53 Å². The predicted molar refractivity (Wildman–Crippen MR) is 38.1 cm³/mol. The number of methoxy groups -OCH3 is 1. The van der Waals surface area contributed by atoms with Crippen LogP contribution >= 0.6 is 0 Å². The second-order valence-corrected chi connectivity index (χ2v) is 1.95. The van der Waals surface area contributed by atoms with Gasteiger partial charge in [0.15, 0.2) is 0 Å². The molecule has 2 nitrogen and oxygen atoms in total. The zero-order valence-corrected chi connectivity index (χ0v) is 5.76. The summed E-state index contributed by atoms with van der Waals surface area (Å²) >= 11 is 0. The van der Waals surface area contributed by atoms with Crippen LogP contribution in [-0.4, -0.2) is 13.1 Å². The average molecular weight is 136 g/mol. The molecule has 1 aliphatic rings. The Balaban J connectivity index is 2.91. The quantitative estimate of drug-likeness (QED) is 0.507. The number of allylic oxidation sites excluding steroid dienone is 4. The van der Waals surface area contributed by atoms with Crippen LogP contribution in [0.1, 0.15) is 6.42 Å². The Bertz CT molecular complexity index is 230. The second-order valence-electron chi connectivity index (χ2n) is 1.95. The van der Waals surface area contributed by atoms with Crippen molar-refractivity contribution in [1.82, 2.24) is 0 Å². The van der Waals surface area contributed by atoms with E-state index in [0.29, 0.717) is 17.8 Å². The molecule has 0 saturated carbocycles. The third kappa shape index (κ3) is 1.17. The fourth-order valence-corrected chi connectivity index (χ4v) is 0.826. The molecule has 0 bridgehead atoms. The van der Waals surface area contributed by atoms with E-state index in [-0.39, 0.29) is 0 Å². The molecule has 0 atom stereocenters. The maximum Gasteiger partial charge on any atom is 0.133 e. The first-order chi connectivity index (χ1) is 4.88. The minimum atomic E-state index is 0.588. The lowest BCUT2D eigenvalue weighted by Gasteiger charge is -2.06. The average Bonchev–Trinajstić information content (AvgIpc) is 2.04. The summed E-state index contributed by atoms with van der Waals surface area (Å²) in [6, 6.07) is 0. The molecule has 0 unspecified atom stereocenters. The van der Waals surface area contributed by atoms with E-state index in [9.17, 15) is 4.79 Å². The van der Waals surface area contributed by atoms with E-state index in [1.165, 1.54) is 0 Å². The minimum Gasteiger partial charge on any atom is -0.496 e. The zero-order chi connectivity index (χ0) is 7.40. The van der Waals surface area contributed by atoms with Gasteiger partial charge in [0.05, 0.1) is 12.7 Å². The third-order valence-electron chi connectivity index (χ3n) is 1.35. The Morgan fingerprint density at radius 3 is 3.00 bits per heavy atom. The topological polar surface area (TPSA) is 26.3 Å². The molecule has 0 aromatic heterocycles. The maximum absolute atomic E-state index is 10.2. The van der Waals surface area contributed by atoms with Crippen LogP contribution < -0.4 is 0 Å². The highest BCUT2D eigenvalue weighted by atomic mass is 16.5. The van der Waals surface area contributed by atoms with Gasteiger partial charge in [0.25, 0.3) is 0 Å². The van der Waals surface area contributed by atoms with Crippen molar-refractivity contribution in [2.75, 3.05) is 7.11 Å². The van der Waals surface area contributed by atoms with Gasteiger partial charge < -0.3 is 4.74 Å². The molecule has 0 aromatic rings. The summed E-state index contributed by atoms with van der Waals surface area (Å²) in [5, 5.41) is 0. The summed E-state index contributed by atoms with van der Waals surface area (Å²) in [5.41, 5.74) is 0.588. The lowest BCUT2D eigenvalue weighted by molar-refractivity contribution is 0.299. The van der Waals surface area contributed by atoms with Gasteiger partial charge in [-0.2, -0.15) is 0 Å². The number of hydrogen-bond donors (Lipinski definition) is 0. The van der Waals surface area contributed by atoms with Crippen LogP contribution in [0.2, 0.25) is 0 Å². The fourth-order valence-electron chi connectivity index (χ4n) is 0.826. The Morgan fingerprint density at radius 2 is 2.50 bits per heavy atom. The highest BCUT2D eigenvalue weighted by molar-refractivity contribution is 5.61. The summed E-state index contributed by atoms with van der Waals surface area (Å²) in [4.78, 5) is 10.2. The number of rotatable bonds is 1. The summed E-state index contributed by atoms with van der Waals surface area (Å²) in [5.74, 6) is 2.45. The van der Waals surface area contributed by atoms with Crippen LogP contribution in [0.5, 0.6) is 0 Å². The van der Waals surface area contributed by atoms with Crippen molar-refractivity contribution in [3.63, 3.8) is 0 Å². The van der Waals surface area contributed by atoms with Crippen LogP contribution in [0.15, 0.2) is 29.6 Å². The molecule has 0 fully saturated rings. The number of carbonyl (C=O) groups excluding carboxylic acids is 1. The molecule has 2 heteroatoms. The van der Waals surface area contributed by atoms with E-state index < -0.39 is 0 Å². The van der Waals surface area contributed by atoms with Crippen molar-refractivity contribution in [3.05, 3.63) is 29.6 Å². The van der Waals surface area contributed by atoms with Gasteiger partial charge in [-0.1, -0.05) is 12.2 Å². The lowest BCUT2D eigenvalue weighted by atomic mass is 10.1. The minimum absolute atomic E-state index is 0.588. The summed E-state index contributed by atoms with van der Waals surface area (Å²) in [7, 11) is 1.54. The summed E-state index contributed by atoms with van der Waals surface area (Å²) < 4.78 is 4.90. The van der Waals surface area contributed by atoms with E-state index in [1.54, 1.807) is 13.2 Å². The molecule has 0 aromatic carbocycles. The Hall–Kier alpha value is -1.27. The first-order valence-electron chi connectivity index (χ1n) is 3.03. The molecule has 0 amide bonds. The molecule has 10 heavy (non-hydrogen) atoms. The Morgan fingerprint density at radius 1 is 1.70 bits per heavy atom. The van der Waals surface area contributed by atoms with Gasteiger partial charge in [0.1, 0.15) is 11.7 Å². The van der Waals surface area contributed by atoms with Crippen molar-refractivity contribution in [2.24, 2.45) is 0 Å². The van der Waals surface area contributed by atoms with Crippen LogP contribution in [0, 0.1) is 0 Å². The smallest absolute Gasteiger partial charge is 0.133 e. The molecule has 1 aliphatic carbocycles. The molecule has 1 rings (SSSR count). The van der Waals surface area contributed by atoms with E-state index in [4.69, 9.17) is 4.74 Å². The lowest BCUT2D eigenvalue weighted by Crippen LogP contribution is -1.95. The maximum atomic E-state index is 10.2. The Labute approximate surface area is 59.5 Å². The number of hydrogen-bond acceptors (Lipinski definition) is 2. The van der Waals surface area contributed by atoms with Gasteiger partial charge in [-0.15, -0.1) is 0 Å². The van der Waals surface area contributed by atoms with Gasteiger partial charge in [0.2, 0.25) is 0 Å². The standard InChI is InChI=1S/C8H8O2/c1-10-8-5-3-2-4-7(8)6-9/h2-3,5H,4H2,1H3. The van der Waals surface area contributed by atoms with Crippen molar-refractivity contribution >= 4 is 5.94 Å². The van der Waals surface area contributed by atoms with Crippen LogP contribution in [0.25, 0.3) is 0 Å². The van der Waals surface area contributed by atoms with Gasteiger partial charge in [-0.05, 0) is 6.08 Å². The molecular weight excluding hydrogens is 128 g/mol. The van der Waals surface area contributed by atoms with Gasteiger partial charge in [0, 0.05) is 6.42 Å². The predicted octanol–water partition coefficient (Wildman–Crippen LogP) is 1.23. The van der Waals surface area contributed by atoms with Crippen molar-refractivity contribution in [2.45, 2.75) is 6.42 Å². The van der Waals surface area contributed by atoms with Crippen molar-refractivity contribution < 1.29 is 9.53 Å². The van der Waals surface area contributed by atoms with Gasteiger partial charge in [-0.3, -0.25) is 0 Å². The Kier molecular flexibility index (Phi) is 2.08. The SMILES string of the molecule is COC1=CC=CCC1=C=O. The third-order valence-corrected chi connectivity index (χ3v) is 1.35. The van der Waals surface area contributed by atoms with E-state index >= 15 is 0 Å². The van der Waals surface area contributed by atoms with E-state index in [1.807, 2.05) is 18.1 Å². The fraction of sp³-hybridized carbons (Fsp3) is 0.250. The molecule has 0 radical (unpaired) electrons. The second kappa shape index (κ2) is 3.04. The number of ether oxygens (including phenoxy) is 1. The molecule has 0 N–H and O–H groups in total. The van der Waals surface area contributed by atoms with Crippen molar-refractivity contribution in [3.8, 4) is 0 Å². The largest absolute Gasteiger partial charge is 0.496 e. The molecule has 0 saturated heterocycles. The normalized spacial score (nSPS) is 16.1. The first kappa shape index (κ1) is 6.84. The first-order valence-corrected chi connectivity index (χ1v) is 3.03. The molecular formula is C8H8O2. The molecule has 52 valence electrons. The molecule has 0 heterocycles. The van der Waals surface area contributed by atoms with Crippen LogP contribution in [0.3, 0.4) is 0 Å². The monoisotopic (exact) mass is 136 g/mol. The van der Waals surface area contributed by atoms with E-state index in [0.717, 1.165) is 0 Å². The van der Waals surface area contributed by atoms with Crippen molar-refractivity contribution in [1.29, 1.82) is 0 Å². The summed E-state index contributed by atoms with van der Waals surface area (Å²) in [6.07, 6.45) is 6.13. The highest BCUT2D eigenvalue weighted by Gasteiger charge is 2.06. The summed E-state index contributed by atoms with van der Waals surface area (Å²) in [6.45, 7) is 0. The molecule has 0 spiro atoms. The zero-order valence-electron chi connectivity index (χ0n) is 5.76. The van der Waals surface area contributed by atoms with Gasteiger partial charge >= 0.3 is 0 Å². The highest BCUT2D eigenvalue weighted by Crippen LogP contribution is 2.16. The van der Waals surface area contributed by atoms with Gasteiger partial charge in [-0.25, -0.2) is 4.79 Å².